The maximum atomic E-state index is 12.8. The molecule has 0 spiro atoms. The number of fused-ring (bicyclic) bond motifs is 5. The first-order valence-corrected chi connectivity index (χ1v) is 11.6. The Morgan fingerprint density at radius 3 is 2.13 bits per heavy atom. The molecule has 31 heavy (non-hydrogen) atoms. The summed E-state index contributed by atoms with van der Waals surface area (Å²) in [6.07, 6.45) is 0.633. The number of hydrogen-bond acceptors (Lipinski definition) is 7. The number of ketones is 1. The number of rotatable bonds is 7. The number of imide groups is 1. The van der Waals surface area contributed by atoms with Gasteiger partial charge in [-0.15, -0.1) is 0 Å². The summed E-state index contributed by atoms with van der Waals surface area (Å²) >= 11 is 7.25. The number of ether oxygens (including phenoxy) is 1. The van der Waals surface area contributed by atoms with Gasteiger partial charge in [0.1, 0.15) is 0 Å². The molecule has 2 bridgehead atoms. The van der Waals surface area contributed by atoms with Crippen LogP contribution in [0.4, 0.5) is 5.69 Å². The van der Waals surface area contributed by atoms with Crippen LogP contribution in [-0.4, -0.2) is 56.2 Å². The monoisotopic (exact) mass is 556 g/mol. The van der Waals surface area contributed by atoms with Crippen molar-refractivity contribution in [3.63, 3.8) is 0 Å². The number of nitrogens with zero attached hydrogens (tertiary/aromatic N) is 2. The summed E-state index contributed by atoms with van der Waals surface area (Å²) in [4.78, 5) is 61.3. The summed E-state index contributed by atoms with van der Waals surface area (Å²) in [5.41, 5.74) is 0.0319. The van der Waals surface area contributed by atoms with Crippen LogP contribution in [0, 0.1) is 33.8 Å². The van der Waals surface area contributed by atoms with Crippen molar-refractivity contribution in [1.29, 1.82) is 0 Å². The zero-order valence-corrected chi connectivity index (χ0v) is 19.3. The average Bonchev–Trinajstić information content (AvgIpc) is 3.35. The summed E-state index contributed by atoms with van der Waals surface area (Å²) in [6, 6.07) is 4.96. The Balaban J connectivity index is 1.28. The van der Waals surface area contributed by atoms with Crippen LogP contribution in [0.25, 0.3) is 0 Å². The molecule has 3 fully saturated rings. The fraction of sp³-hybridized carbons (Fsp3) is 0.500. The minimum absolute atomic E-state index is 0.0748. The van der Waals surface area contributed by atoms with Crippen molar-refractivity contribution in [2.45, 2.75) is 22.5 Å². The molecule has 1 aliphatic heterocycles. The quantitative estimate of drug-likeness (QED) is 0.126. The van der Waals surface area contributed by atoms with E-state index in [0.717, 1.165) is 11.3 Å². The van der Waals surface area contributed by atoms with Crippen LogP contribution in [-0.2, 0) is 19.1 Å². The number of nitro benzene ring substituents is 1. The molecular weight excluding hydrogens is 540 g/mol. The van der Waals surface area contributed by atoms with Crippen LogP contribution < -0.4 is 0 Å². The van der Waals surface area contributed by atoms with Gasteiger partial charge in [-0.1, -0.05) is 31.9 Å². The van der Waals surface area contributed by atoms with Gasteiger partial charge in [-0.05, 0) is 30.4 Å². The number of non-ortho nitro benzene ring substituents is 1. The lowest BCUT2D eigenvalue weighted by Gasteiger charge is -2.28. The van der Waals surface area contributed by atoms with Crippen LogP contribution >= 0.6 is 31.9 Å². The van der Waals surface area contributed by atoms with Crippen molar-refractivity contribution >= 4 is 61.1 Å². The fourth-order valence-electron chi connectivity index (χ4n) is 4.90. The van der Waals surface area contributed by atoms with Gasteiger partial charge in [0.25, 0.3) is 5.69 Å². The molecule has 3 aliphatic rings. The predicted molar refractivity (Wildman–Crippen MR) is 114 cm³/mol. The van der Waals surface area contributed by atoms with Crippen LogP contribution in [0.2, 0.25) is 0 Å². The van der Waals surface area contributed by atoms with Crippen molar-refractivity contribution in [3.05, 3.63) is 39.9 Å². The number of carbonyl (C=O) groups is 4. The molecule has 1 aromatic rings. The lowest BCUT2D eigenvalue weighted by molar-refractivity contribution is -0.384. The second-order valence-corrected chi connectivity index (χ2v) is 10.1. The first-order valence-electron chi connectivity index (χ1n) is 9.77. The summed E-state index contributed by atoms with van der Waals surface area (Å²) < 4.78 is 4.96. The van der Waals surface area contributed by atoms with Crippen LogP contribution in [0.3, 0.4) is 0 Å². The van der Waals surface area contributed by atoms with E-state index in [1.807, 2.05) is 0 Å². The second kappa shape index (κ2) is 8.42. The van der Waals surface area contributed by atoms with Crippen LogP contribution in [0.15, 0.2) is 24.3 Å². The van der Waals surface area contributed by atoms with E-state index in [0.29, 0.717) is 0 Å². The Kier molecular flexibility index (Phi) is 5.99. The van der Waals surface area contributed by atoms with E-state index in [2.05, 4.69) is 31.9 Å². The van der Waals surface area contributed by atoms with E-state index >= 15 is 0 Å². The molecule has 2 amide bonds. The average molecular weight is 558 g/mol. The number of carbonyl (C=O) groups excluding carboxylic acids is 4. The molecule has 0 unspecified atom stereocenters. The molecule has 11 heteroatoms. The zero-order chi connectivity index (χ0) is 22.4. The lowest BCUT2D eigenvalue weighted by Crippen LogP contribution is -2.37. The van der Waals surface area contributed by atoms with Crippen molar-refractivity contribution < 1.29 is 28.8 Å². The standard InChI is InChI=1S/C20H18Br2N2O7/c21-17-11-7-12(18(17)22)16-15(11)19(27)23(20(16)28)6-5-14(26)31-8-13(25)9-1-3-10(4-2-9)24(29)30/h1-4,11-12,15-18H,5-8H2/t11-,12+,15+,16-,17+,18-. The molecule has 2 aliphatic carbocycles. The van der Waals surface area contributed by atoms with Crippen molar-refractivity contribution in [1.82, 2.24) is 4.90 Å². The maximum Gasteiger partial charge on any atom is 0.308 e. The third-order valence-electron chi connectivity index (χ3n) is 6.38. The first-order chi connectivity index (χ1) is 14.7. The van der Waals surface area contributed by atoms with E-state index in [4.69, 9.17) is 4.74 Å². The largest absolute Gasteiger partial charge is 0.457 e. The van der Waals surface area contributed by atoms with Crippen molar-refractivity contribution in [3.8, 4) is 0 Å². The Labute approximate surface area is 193 Å². The number of likely N-dealkylation sites (tertiary alicyclic amines) is 1. The van der Waals surface area contributed by atoms with Gasteiger partial charge in [0, 0.05) is 33.9 Å². The molecule has 0 radical (unpaired) electrons. The number of halogens is 2. The summed E-state index contributed by atoms with van der Waals surface area (Å²) in [5, 5.41) is 10.7. The molecule has 9 nitrogen and oxygen atoms in total. The molecule has 1 heterocycles. The smallest absolute Gasteiger partial charge is 0.308 e. The Hall–Kier alpha value is -2.14. The van der Waals surface area contributed by atoms with E-state index in [-0.39, 0.29) is 69.4 Å². The fourth-order valence-corrected chi connectivity index (χ4v) is 6.78. The van der Waals surface area contributed by atoms with Gasteiger partial charge in [0.05, 0.1) is 23.2 Å². The number of esters is 1. The normalized spacial score (nSPS) is 31.1. The number of nitro groups is 1. The van der Waals surface area contributed by atoms with Gasteiger partial charge < -0.3 is 4.74 Å². The van der Waals surface area contributed by atoms with Crippen LogP contribution in [0.1, 0.15) is 23.2 Å². The zero-order valence-electron chi connectivity index (χ0n) is 16.1. The van der Waals surface area contributed by atoms with Gasteiger partial charge >= 0.3 is 5.97 Å². The molecule has 2 saturated carbocycles. The third kappa shape index (κ3) is 3.82. The lowest BCUT2D eigenvalue weighted by atomic mass is 9.81. The SMILES string of the molecule is O=C(CCN1C(=O)[C@@H]2[C@@H]3C[C@@H]([C@H](Br)[C@@H]3Br)[C@@H]2C1=O)OCC(=O)c1ccc([N+](=O)[O-])cc1. The number of alkyl halides is 2. The summed E-state index contributed by atoms with van der Waals surface area (Å²) in [6.45, 7) is -0.598. The topological polar surface area (TPSA) is 124 Å². The minimum Gasteiger partial charge on any atom is -0.457 e. The second-order valence-electron chi connectivity index (χ2n) is 7.97. The highest BCUT2D eigenvalue weighted by Crippen LogP contribution is 2.60. The predicted octanol–water partition coefficient (Wildman–Crippen LogP) is 2.49. The number of benzene rings is 1. The van der Waals surface area contributed by atoms with Gasteiger partial charge in [-0.25, -0.2) is 0 Å². The van der Waals surface area contributed by atoms with Gasteiger partial charge in [0.2, 0.25) is 11.8 Å². The van der Waals surface area contributed by atoms with E-state index in [1.54, 1.807) is 0 Å². The maximum absolute atomic E-state index is 12.8. The highest BCUT2D eigenvalue weighted by molar-refractivity contribution is 9.12. The Morgan fingerprint density at radius 1 is 1.06 bits per heavy atom. The highest BCUT2D eigenvalue weighted by atomic mass is 79.9. The number of amides is 2. The summed E-state index contributed by atoms with van der Waals surface area (Å²) in [7, 11) is 0. The number of Topliss-reactive ketones (excluding diaryl/α,β-unsaturated/α-hetero) is 1. The third-order valence-corrected chi connectivity index (χ3v) is 9.59. The van der Waals surface area contributed by atoms with E-state index < -0.39 is 23.3 Å². The van der Waals surface area contributed by atoms with Crippen molar-refractivity contribution in [2.75, 3.05) is 13.2 Å². The molecule has 1 saturated heterocycles. The number of hydrogen-bond donors (Lipinski definition) is 0. The molecule has 0 aromatic heterocycles. The molecule has 6 atom stereocenters. The highest BCUT2D eigenvalue weighted by Gasteiger charge is 2.66. The van der Waals surface area contributed by atoms with Crippen LogP contribution in [0.5, 0.6) is 0 Å². The Morgan fingerprint density at radius 2 is 1.61 bits per heavy atom. The Bertz CT molecular complexity index is 935. The van der Waals surface area contributed by atoms with Gasteiger partial charge in [-0.2, -0.15) is 0 Å². The van der Waals surface area contributed by atoms with E-state index in [9.17, 15) is 29.3 Å². The van der Waals surface area contributed by atoms with E-state index in [1.165, 1.54) is 24.3 Å². The van der Waals surface area contributed by atoms with Gasteiger partial charge in [-0.3, -0.25) is 34.2 Å². The first kappa shape index (κ1) is 22.1. The van der Waals surface area contributed by atoms with Gasteiger partial charge in [0.15, 0.2) is 12.4 Å². The molecule has 1 aromatic carbocycles. The molecular formula is C20H18Br2N2O7. The molecule has 4 rings (SSSR count). The summed E-state index contributed by atoms with van der Waals surface area (Å²) in [5.74, 6) is -2.14. The van der Waals surface area contributed by atoms with Crippen molar-refractivity contribution in [2.24, 2.45) is 23.7 Å². The molecule has 164 valence electrons. The minimum atomic E-state index is -0.701. The molecule has 0 N–H and O–H groups in total.